The SMILES string of the molecule is COc1cc(/C=C\C(=O)OC2C(CO)OC(OCCc3ccc(O)c(O)c3)C(O)C2OC2OC(C)C(O)C(O)C2OC2OCC(O)C(O)C2O)ccc1O. The minimum Gasteiger partial charge on any atom is -0.504 e. The second-order valence-electron chi connectivity index (χ2n) is 13.0. The van der Waals surface area contributed by atoms with Crippen LogP contribution >= 0.6 is 0 Å². The van der Waals surface area contributed by atoms with E-state index in [9.17, 15) is 55.9 Å². The van der Waals surface area contributed by atoms with Gasteiger partial charge in [-0.05, 0) is 54.8 Å². The van der Waals surface area contributed by atoms with Crippen LogP contribution in [0.25, 0.3) is 6.08 Å². The van der Waals surface area contributed by atoms with Crippen LogP contribution in [0.1, 0.15) is 18.1 Å². The second kappa shape index (κ2) is 18.3. The fourth-order valence-electron chi connectivity index (χ4n) is 6.10. The van der Waals surface area contributed by atoms with Crippen LogP contribution in [-0.2, 0) is 44.4 Å². The number of methoxy groups -OCH3 is 1. The molecule has 0 spiro atoms. The number of hydrogen-bond donors (Lipinski definition) is 10. The van der Waals surface area contributed by atoms with Crippen LogP contribution in [0.5, 0.6) is 23.0 Å². The van der Waals surface area contributed by atoms with Gasteiger partial charge in [0.15, 0.2) is 48.0 Å². The first-order valence-corrected chi connectivity index (χ1v) is 17.0. The van der Waals surface area contributed by atoms with Crippen LogP contribution < -0.4 is 4.74 Å². The number of phenols is 3. The van der Waals surface area contributed by atoms with E-state index in [0.717, 1.165) is 6.08 Å². The summed E-state index contributed by atoms with van der Waals surface area (Å²) in [5.41, 5.74) is 0.985. The molecule has 0 aliphatic carbocycles. The van der Waals surface area contributed by atoms with Crippen molar-refractivity contribution in [3.05, 3.63) is 53.6 Å². The highest BCUT2D eigenvalue weighted by Crippen LogP contribution is 2.34. The molecule has 2 aromatic rings. The van der Waals surface area contributed by atoms with Gasteiger partial charge in [-0.2, -0.15) is 0 Å². The van der Waals surface area contributed by atoms with Crippen molar-refractivity contribution in [2.45, 2.75) is 99.4 Å². The van der Waals surface area contributed by atoms with Gasteiger partial charge < -0.3 is 89.0 Å². The second-order valence-corrected chi connectivity index (χ2v) is 13.0. The van der Waals surface area contributed by atoms with E-state index in [1.54, 1.807) is 0 Å². The lowest BCUT2D eigenvalue weighted by molar-refractivity contribution is -0.381. The van der Waals surface area contributed by atoms with Crippen LogP contribution in [0.2, 0.25) is 0 Å². The molecule has 0 bridgehead atoms. The van der Waals surface area contributed by atoms with Gasteiger partial charge in [0.05, 0.1) is 33.0 Å². The molecule has 19 nitrogen and oxygen atoms in total. The van der Waals surface area contributed by atoms with Gasteiger partial charge >= 0.3 is 5.97 Å². The van der Waals surface area contributed by atoms with E-state index in [2.05, 4.69) is 0 Å². The zero-order chi connectivity index (χ0) is 39.3. The zero-order valence-corrected chi connectivity index (χ0v) is 29.2. The van der Waals surface area contributed by atoms with Gasteiger partial charge in [-0.25, -0.2) is 4.79 Å². The van der Waals surface area contributed by atoms with Crippen molar-refractivity contribution >= 4 is 12.0 Å². The van der Waals surface area contributed by atoms with E-state index in [1.807, 2.05) is 0 Å². The summed E-state index contributed by atoms with van der Waals surface area (Å²) in [7, 11) is 1.35. The van der Waals surface area contributed by atoms with E-state index < -0.39 is 105 Å². The summed E-state index contributed by atoms with van der Waals surface area (Å²) in [6.45, 7) is 0.0235. The average Bonchev–Trinajstić information content (AvgIpc) is 3.15. The summed E-state index contributed by atoms with van der Waals surface area (Å²) in [4.78, 5) is 13.2. The number of phenolic OH excluding ortho intramolecular Hbond substituents is 3. The molecule has 0 aromatic heterocycles. The normalized spacial score (nSPS) is 35.9. The third-order valence-electron chi connectivity index (χ3n) is 9.20. The Bertz CT molecular complexity index is 1570. The molecule has 0 radical (unpaired) electrons. The molecule has 14 unspecified atom stereocenters. The van der Waals surface area contributed by atoms with Gasteiger partial charge in [-0.3, -0.25) is 0 Å². The minimum atomic E-state index is -1.81. The molecule has 300 valence electrons. The van der Waals surface area contributed by atoms with Crippen molar-refractivity contribution in [3.63, 3.8) is 0 Å². The number of rotatable bonds is 13. The molecule has 54 heavy (non-hydrogen) atoms. The fraction of sp³-hybridized carbons (Fsp3) is 0.571. The standard InChI is InChI=1S/C35H46O19/c1-15-25(42)27(44)32(54-33-28(45)26(43)21(40)14-49-33)35(50-15)53-31-29(46)34(48-10-9-17-3-6-18(37)20(39)11-17)51-23(13-36)30(31)52-24(41)8-5-16-4-7-19(38)22(12-16)47-2/h3-8,11-12,15,21,23,25-40,42-46H,9-10,13-14H2,1-2H3/b8-5-. The Morgan fingerprint density at radius 2 is 1.52 bits per heavy atom. The van der Waals surface area contributed by atoms with Gasteiger partial charge in [0.1, 0.15) is 54.9 Å². The number of ether oxygens (including phenoxy) is 8. The zero-order valence-electron chi connectivity index (χ0n) is 29.2. The number of hydrogen-bond acceptors (Lipinski definition) is 19. The lowest BCUT2D eigenvalue weighted by Crippen LogP contribution is -2.66. The lowest BCUT2D eigenvalue weighted by Gasteiger charge is -2.48. The Morgan fingerprint density at radius 3 is 2.22 bits per heavy atom. The minimum absolute atomic E-state index is 0.126. The van der Waals surface area contributed by atoms with E-state index in [-0.39, 0.29) is 36.0 Å². The fourth-order valence-corrected chi connectivity index (χ4v) is 6.10. The summed E-state index contributed by atoms with van der Waals surface area (Å²) in [5, 5.41) is 104. The van der Waals surface area contributed by atoms with Crippen molar-refractivity contribution in [1.82, 2.24) is 0 Å². The Balaban J connectivity index is 1.40. The van der Waals surface area contributed by atoms with Gasteiger partial charge in [0.2, 0.25) is 0 Å². The molecule has 19 heteroatoms. The van der Waals surface area contributed by atoms with Crippen molar-refractivity contribution in [2.24, 2.45) is 0 Å². The summed E-state index contributed by atoms with van der Waals surface area (Å²) < 4.78 is 45.4. The monoisotopic (exact) mass is 770 g/mol. The number of carbonyl (C=O) groups is 1. The maximum Gasteiger partial charge on any atom is 0.331 e. The molecule has 3 heterocycles. The third-order valence-corrected chi connectivity index (χ3v) is 9.20. The summed E-state index contributed by atoms with van der Waals surface area (Å²) in [6.07, 6.45) is -19.9. The van der Waals surface area contributed by atoms with Crippen LogP contribution in [0.15, 0.2) is 42.5 Å². The number of aliphatic hydroxyl groups excluding tert-OH is 7. The molecule has 5 rings (SSSR count). The number of benzene rings is 2. The first kappa shape index (κ1) is 41.5. The molecule has 10 N–H and O–H groups in total. The highest BCUT2D eigenvalue weighted by molar-refractivity contribution is 5.87. The van der Waals surface area contributed by atoms with Crippen LogP contribution in [0, 0.1) is 0 Å². The first-order valence-electron chi connectivity index (χ1n) is 17.0. The molecule has 3 saturated heterocycles. The Hall–Kier alpha value is -3.67. The number of carbonyl (C=O) groups excluding carboxylic acids is 1. The first-order chi connectivity index (χ1) is 25.7. The van der Waals surface area contributed by atoms with Crippen molar-refractivity contribution in [1.29, 1.82) is 0 Å². The van der Waals surface area contributed by atoms with E-state index in [0.29, 0.717) is 11.1 Å². The Morgan fingerprint density at radius 1 is 0.796 bits per heavy atom. The van der Waals surface area contributed by atoms with Gasteiger partial charge in [-0.15, -0.1) is 0 Å². The van der Waals surface area contributed by atoms with Crippen molar-refractivity contribution < 1.29 is 93.8 Å². The molecular formula is C35H46O19. The molecule has 14 atom stereocenters. The van der Waals surface area contributed by atoms with E-state index in [1.165, 1.54) is 56.5 Å². The van der Waals surface area contributed by atoms with Crippen molar-refractivity contribution in [2.75, 3.05) is 26.9 Å². The Kier molecular flexibility index (Phi) is 14.1. The molecule has 0 saturated carbocycles. The molecule has 3 fully saturated rings. The maximum atomic E-state index is 13.2. The predicted octanol–water partition coefficient (Wildman–Crippen LogP) is -2.25. The quantitative estimate of drug-likeness (QED) is 0.0585. The maximum absolute atomic E-state index is 13.2. The van der Waals surface area contributed by atoms with Crippen LogP contribution in [0.3, 0.4) is 0 Å². The molecule has 3 aliphatic heterocycles. The number of aromatic hydroxyl groups is 3. The van der Waals surface area contributed by atoms with Crippen LogP contribution in [-0.4, -0.2) is 170 Å². The topological polar surface area (TPSA) is 293 Å². The summed E-state index contributed by atoms with van der Waals surface area (Å²) in [5.74, 6) is -1.67. The molecule has 2 aromatic carbocycles. The average molecular weight is 771 g/mol. The van der Waals surface area contributed by atoms with Crippen LogP contribution in [0.4, 0.5) is 0 Å². The van der Waals surface area contributed by atoms with E-state index >= 15 is 0 Å². The molecular weight excluding hydrogens is 724 g/mol. The van der Waals surface area contributed by atoms with Gasteiger partial charge in [0, 0.05) is 6.08 Å². The smallest absolute Gasteiger partial charge is 0.331 e. The van der Waals surface area contributed by atoms with Gasteiger partial charge in [-0.1, -0.05) is 12.1 Å². The highest BCUT2D eigenvalue weighted by atomic mass is 16.8. The third kappa shape index (κ3) is 9.58. The molecule has 3 aliphatic rings. The summed E-state index contributed by atoms with van der Waals surface area (Å²) >= 11 is 0. The van der Waals surface area contributed by atoms with E-state index in [4.69, 9.17) is 37.9 Å². The lowest BCUT2D eigenvalue weighted by atomic mass is 9.96. The summed E-state index contributed by atoms with van der Waals surface area (Å²) in [6, 6.07) is 8.41. The predicted molar refractivity (Wildman–Crippen MR) is 179 cm³/mol. The Labute approximate surface area is 308 Å². The largest absolute Gasteiger partial charge is 0.504 e. The highest BCUT2D eigenvalue weighted by Gasteiger charge is 2.54. The number of esters is 1. The van der Waals surface area contributed by atoms with Gasteiger partial charge in [0.25, 0.3) is 0 Å². The van der Waals surface area contributed by atoms with Crippen molar-refractivity contribution in [3.8, 4) is 23.0 Å². The molecule has 0 amide bonds. The number of aliphatic hydroxyl groups is 7.